The Morgan fingerprint density at radius 3 is 2.52 bits per heavy atom. The van der Waals surface area contributed by atoms with Crippen LogP contribution in [0.4, 0.5) is 5.82 Å². The summed E-state index contributed by atoms with van der Waals surface area (Å²) in [5.74, 6) is -1.73. The van der Waals surface area contributed by atoms with Gasteiger partial charge in [0.2, 0.25) is 0 Å². The molecule has 2 rings (SSSR count). The molecule has 2 N–H and O–H groups in total. The van der Waals surface area contributed by atoms with Crippen LogP contribution in [0.1, 0.15) is 10.5 Å². The van der Waals surface area contributed by atoms with Gasteiger partial charge in [0.05, 0.1) is 0 Å². The first kappa shape index (κ1) is 15.9. The van der Waals surface area contributed by atoms with E-state index in [0.717, 1.165) is 6.20 Å². The maximum Gasteiger partial charge on any atom is 0.358 e. The van der Waals surface area contributed by atoms with Crippen molar-refractivity contribution < 1.29 is 18.3 Å². The first-order chi connectivity index (χ1) is 9.81. The summed E-state index contributed by atoms with van der Waals surface area (Å²) in [7, 11) is -4.02. The second kappa shape index (κ2) is 6.08. The molecule has 0 unspecified atom stereocenters. The lowest BCUT2D eigenvalue weighted by Gasteiger charge is -2.10. The molecule has 10 heteroatoms. The van der Waals surface area contributed by atoms with E-state index in [4.69, 9.17) is 5.11 Å². The maximum absolute atomic E-state index is 12.3. The highest BCUT2D eigenvalue weighted by molar-refractivity contribution is 9.11. The molecule has 0 radical (unpaired) electrons. The smallest absolute Gasteiger partial charge is 0.358 e. The summed E-state index contributed by atoms with van der Waals surface area (Å²) in [5.41, 5.74) is -0.479. The second-order valence-corrected chi connectivity index (χ2v) is 7.16. The van der Waals surface area contributed by atoms with Crippen LogP contribution < -0.4 is 4.72 Å². The summed E-state index contributed by atoms with van der Waals surface area (Å²) in [6, 6.07) is 4.59. The normalized spacial score (nSPS) is 11.1. The molecule has 1 aromatic carbocycles. The predicted molar refractivity (Wildman–Crippen MR) is 81.6 cm³/mol. The van der Waals surface area contributed by atoms with Crippen LogP contribution in [0, 0.1) is 0 Å². The standard InChI is InChI=1S/C11H7Br2N3O4S/c12-6-1-2-7(13)8(5-6)21(19,20)16-10-9(11(17)18)14-3-4-15-10/h1-5H,(H,15,16)(H,17,18). The minimum Gasteiger partial charge on any atom is -0.476 e. The topological polar surface area (TPSA) is 109 Å². The van der Waals surface area contributed by atoms with E-state index in [1.165, 1.54) is 12.3 Å². The third kappa shape index (κ3) is 3.57. The van der Waals surface area contributed by atoms with E-state index in [9.17, 15) is 13.2 Å². The van der Waals surface area contributed by atoms with Crippen LogP contribution in [0.15, 0.2) is 44.4 Å². The van der Waals surface area contributed by atoms with E-state index < -0.39 is 21.7 Å². The molecule has 1 heterocycles. The molecule has 0 aliphatic carbocycles. The Balaban J connectivity index is 2.48. The number of sulfonamides is 1. The molecule has 0 spiro atoms. The lowest BCUT2D eigenvalue weighted by molar-refractivity contribution is 0.0691. The van der Waals surface area contributed by atoms with Crippen LogP contribution in [0.2, 0.25) is 0 Å². The van der Waals surface area contributed by atoms with Gasteiger partial charge in [-0.2, -0.15) is 0 Å². The van der Waals surface area contributed by atoms with Crippen molar-refractivity contribution in [3.8, 4) is 0 Å². The van der Waals surface area contributed by atoms with Gasteiger partial charge in [-0.15, -0.1) is 0 Å². The fourth-order valence-corrected chi connectivity index (χ4v) is 3.95. The predicted octanol–water partition coefficient (Wildman–Crippen LogP) is 2.50. The van der Waals surface area contributed by atoms with Crippen molar-refractivity contribution in [2.24, 2.45) is 0 Å². The highest BCUT2D eigenvalue weighted by Crippen LogP contribution is 2.27. The van der Waals surface area contributed by atoms with E-state index in [1.807, 2.05) is 0 Å². The molecular weight excluding hydrogens is 430 g/mol. The van der Waals surface area contributed by atoms with E-state index in [2.05, 4.69) is 46.5 Å². The van der Waals surface area contributed by atoms with Crippen molar-refractivity contribution in [3.05, 3.63) is 45.2 Å². The van der Waals surface area contributed by atoms with Gasteiger partial charge in [0.1, 0.15) is 4.90 Å². The van der Waals surface area contributed by atoms with E-state index in [1.54, 1.807) is 12.1 Å². The van der Waals surface area contributed by atoms with Crippen LogP contribution in [-0.2, 0) is 10.0 Å². The summed E-state index contributed by atoms with van der Waals surface area (Å²) >= 11 is 6.31. The SMILES string of the molecule is O=C(O)c1nccnc1NS(=O)(=O)c1cc(Br)ccc1Br. The minimum absolute atomic E-state index is 0.0566. The molecular formula is C11H7Br2N3O4S. The Morgan fingerprint density at radius 1 is 1.19 bits per heavy atom. The van der Waals surface area contributed by atoms with Gasteiger partial charge in [0, 0.05) is 21.3 Å². The Kier molecular flexibility index (Phi) is 4.59. The number of rotatable bonds is 4. The Morgan fingerprint density at radius 2 is 1.86 bits per heavy atom. The third-order valence-electron chi connectivity index (χ3n) is 2.31. The number of aromatic carboxylic acids is 1. The van der Waals surface area contributed by atoms with Gasteiger partial charge in [-0.3, -0.25) is 4.72 Å². The van der Waals surface area contributed by atoms with Crippen molar-refractivity contribution in [2.45, 2.75) is 4.90 Å². The molecule has 7 nitrogen and oxygen atoms in total. The number of carboxylic acid groups (broad SMARTS) is 1. The molecule has 0 fully saturated rings. The van der Waals surface area contributed by atoms with Gasteiger partial charge in [-0.05, 0) is 34.1 Å². The molecule has 2 aromatic rings. The molecule has 110 valence electrons. The maximum atomic E-state index is 12.3. The average molecular weight is 437 g/mol. The molecule has 0 saturated heterocycles. The van der Waals surface area contributed by atoms with Crippen LogP contribution in [0.5, 0.6) is 0 Å². The zero-order valence-electron chi connectivity index (χ0n) is 10.1. The fourth-order valence-electron chi connectivity index (χ4n) is 1.43. The average Bonchev–Trinajstić information content (AvgIpc) is 2.41. The molecule has 0 amide bonds. The van der Waals surface area contributed by atoms with Gasteiger partial charge in [0.15, 0.2) is 11.5 Å². The summed E-state index contributed by atoms with van der Waals surface area (Å²) < 4.78 is 27.7. The first-order valence-corrected chi connectivity index (χ1v) is 8.40. The molecule has 0 saturated carbocycles. The largest absolute Gasteiger partial charge is 0.476 e. The molecule has 0 aliphatic heterocycles. The highest BCUT2D eigenvalue weighted by Gasteiger charge is 2.22. The van der Waals surface area contributed by atoms with Gasteiger partial charge in [-0.25, -0.2) is 23.2 Å². The van der Waals surface area contributed by atoms with Gasteiger partial charge in [0.25, 0.3) is 10.0 Å². The molecule has 0 bridgehead atoms. The fraction of sp³-hybridized carbons (Fsp3) is 0. The Hall–Kier alpha value is -1.52. The minimum atomic E-state index is -4.02. The summed E-state index contributed by atoms with van der Waals surface area (Å²) in [6.07, 6.45) is 2.36. The molecule has 0 aliphatic rings. The van der Waals surface area contributed by atoms with Crippen LogP contribution >= 0.6 is 31.9 Å². The second-order valence-electron chi connectivity index (χ2n) is 3.74. The van der Waals surface area contributed by atoms with Gasteiger partial charge in [-0.1, -0.05) is 15.9 Å². The van der Waals surface area contributed by atoms with Crippen molar-refractivity contribution >= 4 is 53.7 Å². The zero-order chi connectivity index (χ0) is 15.6. The number of nitrogens with one attached hydrogen (secondary N) is 1. The lowest BCUT2D eigenvalue weighted by Crippen LogP contribution is -2.18. The third-order valence-corrected chi connectivity index (χ3v) is 5.14. The van der Waals surface area contributed by atoms with E-state index >= 15 is 0 Å². The van der Waals surface area contributed by atoms with E-state index in [-0.39, 0.29) is 10.7 Å². The Bertz CT molecular complexity index is 811. The quantitative estimate of drug-likeness (QED) is 0.761. The number of carbonyl (C=O) groups is 1. The van der Waals surface area contributed by atoms with Crippen molar-refractivity contribution in [3.63, 3.8) is 0 Å². The van der Waals surface area contributed by atoms with Crippen LogP contribution in [-0.4, -0.2) is 29.5 Å². The van der Waals surface area contributed by atoms with Crippen LogP contribution in [0.3, 0.4) is 0 Å². The molecule has 21 heavy (non-hydrogen) atoms. The number of benzene rings is 1. The first-order valence-electron chi connectivity index (χ1n) is 5.33. The highest BCUT2D eigenvalue weighted by atomic mass is 79.9. The summed E-state index contributed by atoms with van der Waals surface area (Å²) in [6.45, 7) is 0. The molecule has 1 aromatic heterocycles. The van der Waals surface area contributed by atoms with E-state index in [0.29, 0.717) is 8.95 Å². The number of hydrogen-bond donors (Lipinski definition) is 2. The van der Waals surface area contributed by atoms with Gasteiger partial charge < -0.3 is 5.11 Å². The lowest BCUT2D eigenvalue weighted by atomic mass is 10.4. The number of anilines is 1. The molecule has 0 atom stereocenters. The number of nitrogens with zero attached hydrogens (tertiary/aromatic N) is 2. The number of carboxylic acids is 1. The summed E-state index contributed by atoms with van der Waals surface area (Å²) in [5, 5.41) is 8.98. The van der Waals surface area contributed by atoms with Crippen molar-refractivity contribution in [2.75, 3.05) is 4.72 Å². The van der Waals surface area contributed by atoms with Crippen molar-refractivity contribution in [1.29, 1.82) is 0 Å². The van der Waals surface area contributed by atoms with Crippen molar-refractivity contribution in [1.82, 2.24) is 9.97 Å². The summed E-state index contributed by atoms with van der Waals surface area (Å²) in [4.78, 5) is 18.2. The monoisotopic (exact) mass is 435 g/mol. The number of hydrogen-bond acceptors (Lipinski definition) is 5. The number of halogens is 2. The van der Waals surface area contributed by atoms with Crippen LogP contribution in [0.25, 0.3) is 0 Å². The van der Waals surface area contributed by atoms with Gasteiger partial charge >= 0.3 is 5.97 Å². The Labute approximate surface area is 136 Å². The number of aromatic nitrogens is 2. The zero-order valence-corrected chi connectivity index (χ0v) is 14.1.